The van der Waals surface area contributed by atoms with Crippen LogP contribution in [0.15, 0.2) is 29.3 Å². The number of rotatable bonds is 2. The van der Waals surface area contributed by atoms with E-state index < -0.39 is 0 Å². The van der Waals surface area contributed by atoms with Crippen LogP contribution in [0.2, 0.25) is 0 Å². The molecule has 1 aromatic carbocycles. The molecule has 2 rings (SSSR count). The Morgan fingerprint density at radius 3 is 2.75 bits per heavy atom. The highest BCUT2D eigenvalue weighted by Crippen LogP contribution is 2.24. The molecule has 0 amide bonds. The standard InChI is InChI=1S/C12H17N3O/c1-9(2)10-5-3-4-6-11(10)14-12-13-7-8-15(12)16/h3-6,9,16H,7-8H2,1-2H3,(H,13,14). The normalized spacial score (nSPS) is 15.5. The summed E-state index contributed by atoms with van der Waals surface area (Å²) >= 11 is 0. The molecule has 4 heteroatoms. The van der Waals surface area contributed by atoms with Crippen molar-refractivity contribution in [1.82, 2.24) is 5.06 Å². The Morgan fingerprint density at radius 2 is 2.12 bits per heavy atom. The molecule has 1 aliphatic rings. The average Bonchev–Trinajstić information content (AvgIpc) is 2.65. The number of nitrogens with one attached hydrogen (secondary N) is 1. The van der Waals surface area contributed by atoms with E-state index in [1.54, 1.807) is 0 Å². The zero-order valence-electron chi connectivity index (χ0n) is 9.64. The van der Waals surface area contributed by atoms with Crippen molar-refractivity contribution >= 4 is 11.6 Å². The molecule has 0 aliphatic carbocycles. The minimum Gasteiger partial charge on any atom is -0.324 e. The molecule has 0 fully saturated rings. The first-order valence-corrected chi connectivity index (χ1v) is 5.55. The zero-order chi connectivity index (χ0) is 11.5. The molecule has 0 saturated carbocycles. The Labute approximate surface area is 95.6 Å². The van der Waals surface area contributed by atoms with E-state index in [2.05, 4.69) is 30.2 Å². The van der Waals surface area contributed by atoms with Crippen molar-refractivity contribution < 1.29 is 5.21 Å². The van der Waals surface area contributed by atoms with E-state index >= 15 is 0 Å². The molecule has 0 unspecified atom stereocenters. The fraction of sp³-hybridized carbons (Fsp3) is 0.417. The summed E-state index contributed by atoms with van der Waals surface area (Å²) in [4.78, 5) is 4.19. The lowest BCUT2D eigenvalue weighted by Crippen LogP contribution is -2.30. The minimum absolute atomic E-state index is 0.442. The van der Waals surface area contributed by atoms with E-state index in [9.17, 15) is 5.21 Å². The minimum atomic E-state index is 0.442. The lowest BCUT2D eigenvalue weighted by atomic mass is 10.0. The molecule has 0 spiro atoms. The molecule has 0 bridgehead atoms. The summed E-state index contributed by atoms with van der Waals surface area (Å²) in [6, 6.07) is 8.09. The van der Waals surface area contributed by atoms with Crippen LogP contribution >= 0.6 is 0 Å². The Balaban J connectivity index is 2.21. The highest BCUT2D eigenvalue weighted by Gasteiger charge is 2.16. The predicted octanol–water partition coefficient (Wildman–Crippen LogP) is 2.28. The van der Waals surface area contributed by atoms with Gasteiger partial charge in [0.15, 0.2) is 0 Å². The second-order valence-electron chi connectivity index (χ2n) is 4.20. The van der Waals surface area contributed by atoms with Gasteiger partial charge in [0.1, 0.15) is 0 Å². The largest absolute Gasteiger partial charge is 0.324 e. The van der Waals surface area contributed by atoms with Crippen LogP contribution in [-0.4, -0.2) is 29.3 Å². The van der Waals surface area contributed by atoms with Gasteiger partial charge < -0.3 is 5.32 Å². The fourth-order valence-corrected chi connectivity index (χ4v) is 1.78. The first-order valence-electron chi connectivity index (χ1n) is 5.55. The molecule has 1 aliphatic heterocycles. The molecule has 0 aromatic heterocycles. The maximum Gasteiger partial charge on any atom is 0.222 e. The molecule has 1 heterocycles. The number of nitrogens with zero attached hydrogens (tertiary/aromatic N) is 2. The second-order valence-corrected chi connectivity index (χ2v) is 4.20. The van der Waals surface area contributed by atoms with Gasteiger partial charge in [0.05, 0.1) is 13.1 Å². The molecular formula is C12H17N3O. The van der Waals surface area contributed by atoms with Crippen LogP contribution in [-0.2, 0) is 0 Å². The van der Waals surface area contributed by atoms with Gasteiger partial charge in [-0.15, -0.1) is 0 Å². The molecule has 0 radical (unpaired) electrons. The third kappa shape index (κ3) is 2.17. The van der Waals surface area contributed by atoms with Crippen molar-refractivity contribution in [3.63, 3.8) is 0 Å². The van der Waals surface area contributed by atoms with Crippen LogP contribution in [0.5, 0.6) is 0 Å². The number of aliphatic imine (C=N–C) groups is 1. The number of hydrogen-bond acceptors (Lipinski definition) is 4. The molecule has 1 aromatic rings. The quantitative estimate of drug-likeness (QED) is 0.802. The lowest BCUT2D eigenvalue weighted by Gasteiger charge is -2.17. The van der Waals surface area contributed by atoms with Crippen LogP contribution in [0, 0.1) is 0 Å². The maximum atomic E-state index is 9.52. The van der Waals surface area contributed by atoms with Gasteiger partial charge in [0.2, 0.25) is 5.96 Å². The van der Waals surface area contributed by atoms with E-state index in [0.717, 1.165) is 10.8 Å². The molecule has 86 valence electrons. The molecule has 16 heavy (non-hydrogen) atoms. The van der Waals surface area contributed by atoms with Crippen molar-refractivity contribution in [3.05, 3.63) is 29.8 Å². The van der Waals surface area contributed by atoms with Gasteiger partial charge in [0, 0.05) is 5.69 Å². The number of hydrogen-bond donors (Lipinski definition) is 2. The monoisotopic (exact) mass is 219 g/mol. The molecule has 4 nitrogen and oxygen atoms in total. The first-order chi connectivity index (χ1) is 7.68. The predicted molar refractivity (Wildman–Crippen MR) is 64.9 cm³/mol. The molecule has 0 saturated heterocycles. The second kappa shape index (κ2) is 4.53. The molecule has 0 atom stereocenters. The Kier molecular flexibility index (Phi) is 3.10. The number of guanidine groups is 1. The van der Waals surface area contributed by atoms with E-state index in [4.69, 9.17) is 0 Å². The summed E-state index contributed by atoms with van der Waals surface area (Å²) in [5, 5.41) is 13.8. The van der Waals surface area contributed by atoms with Crippen LogP contribution in [0.1, 0.15) is 25.3 Å². The number of anilines is 1. The fourth-order valence-electron chi connectivity index (χ4n) is 1.78. The van der Waals surface area contributed by atoms with E-state index in [-0.39, 0.29) is 0 Å². The Bertz CT molecular complexity index is 401. The average molecular weight is 219 g/mol. The highest BCUT2D eigenvalue weighted by atomic mass is 16.5. The smallest absolute Gasteiger partial charge is 0.222 e. The van der Waals surface area contributed by atoms with Crippen LogP contribution < -0.4 is 5.32 Å². The van der Waals surface area contributed by atoms with Crippen molar-refractivity contribution in [2.24, 2.45) is 4.99 Å². The first kappa shape index (κ1) is 11.0. The van der Waals surface area contributed by atoms with Crippen LogP contribution in [0.4, 0.5) is 5.69 Å². The van der Waals surface area contributed by atoms with Gasteiger partial charge in [-0.05, 0) is 17.5 Å². The number of hydroxylamine groups is 2. The van der Waals surface area contributed by atoms with E-state index in [1.807, 2.05) is 18.2 Å². The summed E-state index contributed by atoms with van der Waals surface area (Å²) in [5.41, 5.74) is 2.24. The highest BCUT2D eigenvalue weighted by molar-refractivity contribution is 5.94. The summed E-state index contributed by atoms with van der Waals surface area (Å²) in [6.45, 7) is 5.50. The third-order valence-electron chi connectivity index (χ3n) is 2.65. The maximum absolute atomic E-state index is 9.52. The molecule has 2 N–H and O–H groups in total. The van der Waals surface area contributed by atoms with E-state index in [0.29, 0.717) is 25.0 Å². The van der Waals surface area contributed by atoms with Crippen molar-refractivity contribution in [1.29, 1.82) is 0 Å². The van der Waals surface area contributed by atoms with Crippen molar-refractivity contribution in [2.45, 2.75) is 19.8 Å². The van der Waals surface area contributed by atoms with Gasteiger partial charge in [0.25, 0.3) is 0 Å². The topological polar surface area (TPSA) is 47.9 Å². The Morgan fingerprint density at radius 1 is 1.38 bits per heavy atom. The molecular weight excluding hydrogens is 202 g/mol. The number of para-hydroxylation sites is 1. The SMILES string of the molecule is CC(C)c1ccccc1NC1=NCCN1O. The summed E-state index contributed by atoms with van der Waals surface area (Å²) in [7, 11) is 0. The van der Waals surface area contributed by atoms with E-state index in [1.165, 1.54) is 5.56 Å². The van der Waals surface area contributed by atoms with Gasteiger partial charge in [-0.25, -0.2) is 10.1 Å². The Hall–Kier alpha value is -1.55. The lowest BCUT2D eigenvalue weighted by molar-refractivity contribution is -0.00270. The summed E-state index contributed by atoms with van der Waals surface area (Å²) in [5.74, 6) is 0.978. The van der Waals surface area contributed by atoms with Gasteiger partial charge >= 0.3 is 0 Å². The van der Waals surface area contributed by atoms with Crippen molar-refractivity contribution in [2.75, 3.05) is 18.4 Å². The summed E-state index contributed by atoms with van der Waals surface area (Å²) < 4.78 is 0. The van der Waals surface area contributed by atoms with Gasteiger partial charge in [-0.3, -0.25) is 5.21 Å². The van der Waals surface area contributed by atoms with Crippen LogP contribution in [0.3, 0.4) is 0 Å². The van der Waals surface area contributed by atoms with Gasteiger partial charge in [-0.2, -0.15) is 0 Å². The number of benzene rings is 1. The van der Waals surface area contributed by atoms with Gasteiger partial charge in [-0.1, -0.05) is 32.0 Å². The summed E-state index contributed by atoms with van der Waals surface area (Å²) in [6.07, 6.45) is 0. The van der Waals surface area contributed by atoms with Crippen molar-refractivity contribution in [3.8, 4) is 0 Å². The third-order valence-corrected chi connectivity index (χ3v) is 2.65. The zero-order valence-corrected chi connectivity index (χ0v) is 9.64. The van der Waals surface area contributed by atoms with Crippen LogP contribution in [0.25, 0.3) is 0 Å².